The number of hydrogen-bond donors (Lipinski definition) is 0. The summed E-state index contributed by atoms with van der Waals surface area (Å²) < 4.78 is 40.4. The Morgan fingerprint density at radius 1 is 0.310 bits per heavy atom. The Morgan fingerprint density at radius 2 is 0.672 bits per heavy atom. The topological polar surface area (TPSA) is 61.8 Å². The summed E-state index contributed by atoms with van der Waals surface area (Å²) in [5, 5.41) is 0. The van der Waals surface area contributed by atoms with E-state index < -0.39 is 22.2 Å². The van der Waals surface area contributed by atoms with Gasteiger partial charge in [0.2, 0.25) is 22.2 Å². The molecule has 0 aliphatic rings. The molecule has 5 nitrogen and oxygen atoms in total. The summed E-state index contributed by atoms with van der Waals surface area (Å²) in [6.07, 6.45) is 0. The smallest absolute Gasteiger partial charge is 0.240 e. The minimum atomic E-state index is -1.45. The fourth-order valence-electron chi connectivity index (χ4n) is 5.13. The second kappa shape index (κ2) is 24.1. The van der Waals surface area contributed by atoms with Gasteiger partial charge in [0.25, 0.3) is 0 Å². The van der Waals surface area contributed by atoms with Crippen LogP contribution in [0.4, 0.5) is 0 Å². The van der Waals surface area contributed by atoms with Crippen molar-refractivity contribution >= 4 is 22.2 Å². The van der Waals surface area contributed by atoms with E-state index >= 15 is 0 Å². The molecule has 0 aromatic heterocycles. The van der Waals surface area contributed by atoms with Crippen LogP contribution < -0.4 is 13.1 Å². The zero-order valence-corrected chi connectivity index (χ0v) is 35.7. The lowest BCUT2D eigenvalue weighted by atomic mass is 10.2. The highest BCUT2D eigenvalue weighted by molar-refractivity contribution is 7.80. The first-order valence-electron chi connectivity index (χ1n) is 18.6. The van der Waals surface area contributed by atoms with Crippen LogP contribution in [0.1, 0.15) is 51.9 Å². The Balaban J connectivity index is 0.000000212. The summed E-state index contributed by atoms with van der Waals surface area (Å²) in [6.45, 7) is 16.3. The van der Waals surface area contributed by atoms with Gasteiger partial charge >= 0.3 is 0 Å². The van der Waals surface area contributed by atoms with E-state index in [0.717, 1.165) is 33.8 Å². The van der Waals surface area contributed by atoms with Crippen molar-refractivity contribution in [3.05, 3.63) is 214 Å². The van der Waals surface area contributed by atoms with E-state index in [2.05, 4.69) is 58.0 Å². The van der Waals surface area contributed by atoms with E-state index in [9.17, 15) is 8.42 Å². The zero-order chi connectivity index (χ0) is 41.2. The molecule has 0 bridgehead atoms. The number of rotatable bonds is 8. The minimum absolute atomic E-state index is 0. The summed E-state index contributed by atoms with van der Waals surface area (Å²) >= 11 is -2.90. The van der Waals surface area contributed by atoms with Crippen LogP contribution in [-0.2, 0) is 22.2 Å². The Labute approximate surface area is 352 Å². The third-order valence-corrected chi connectivity index (χ3v) is 10.2. The van der Waals surface area contributed by atoms with Gasteiger partial charge in [0.15, 0.2) is 0 Å². The molecule has 0 saturated heterocycles. The quantitative estimate of drug-likeness (QED) is 0.153. The molecule has 0 fully saturated rings. The molecule has 7 heteroatoms. The van der Waals surface area contributed by atoms with Gasteiger partial charge in [0.1, 0.15) is 23.0 Å². The van der Waals surface area contributed by atoms with E-state index in [1.165, 1.54) is 22.3 Å². The van der Waals surface area contributed by atoms with Gasteiger partial charge in [0, 0.05) is 0 Å². The minimum Gasteiger partial charge on any atom is -0.457 e. The lowest BCUT2D eigenvalue weighted by molar-refractivity contribution is 0.482. The van der Waals surface area contributed by atoms with Crippen molar-refractivity contribution in [2.45, 2.75) is 72.6 Å². The zero-order valence-electron chi connectivity index (χ0n) is 34.0. The van der Waals surface area contributed by atoms with Gasteiger partial charge in [-0.3, -0.25) is 0 Å². The molecule has 0 amide bonds. The normalized spacial score (nSPS) is 11.0. The Morgan fingerprint density at radius 3 is 1.14 bits per heavy atom. The molecular weight excluding hydrogens is 757 g/mol. The first-order chi connectivity index (χ1) is 27.3. The standard InChI is InChI=1S/2C14H14O2S.C14H14O.C8H10.CH4/c1-11-3-7-13(8-4-11)16-17(15)14-9-5-12(2)6-10-14;1-11-5-3-7-13(9-11)16-17(15)14-8-4-6-12(2)10-14;1-11-6-8-13(9-7-11)15-14-5-3-4-12(2)10-14;1-7-4-3-5-8(2)6-7;/h2*3-10H,1-2H3;3-10H,1-2H3;3-6H,1-2H3;1H4. The van der Waals surface area contributed by atoms with Crippen molar-refractivity contribution < 1.29 is 21.5 Å². The third kappa shape index (κ3) is 17.2. The molecule has 0 spiro atoms. The molecule has 7 rings (SSSR count). The van der Waals surface area contributed by atoms with Crippen molar-refractivity contribution in [2.75, 3.05) is 0 Å². The molecule has 0 radical (unpaired) electrons. The summed E-state index contributed by atoms with van der Waals surface area (Å²) in [5.74, 6) is 3.02. The fraction of sp³-hybridized carbons (Fsp3) is 0.176. The molecule has 0 aliphatic heterocycles. The molecule has 0 N–H and O–H groups in total. The van der Waals surface area contributed by atoms with Crippen LogP contribution in [0.2, 0.25) is 0 Å². The lowest BCUT2D eigenvalue weighted by Gasteiger charge is -2.06. The Kier molecular flexibility index (Phi) is 19.4. The molecule has 0 heterocycles. The number of ether oxygens (including phenoxy) is 1. The molecule has 2 unspecified atom stereocenters. The highest BCUT2D eigenvalue weighted by Crippen LogP contribution is 2.22. The maximum atomic E-state index is 12.0. The average Bonchev–Trinajstić information content (AvgIpc) is 3.18. The summed E-state index contributed by atoms with van der Waals surface area (Å²) in [7, 11) is 0. The van der Waals surface area contributed by atoms with Crippen LogP contribution in [-0.4, -0.2) is 8.42 Å². The number of aryl methyl sites for hydroxylation is 8. The summed E-state index contributed by atoms with van der Waals surface area (Å²) in [6, 6.07) is 54.6. The maximum Gasteiger partial charge on any atom is 0.240 e. The molecule has 7 aromatic rings. The predicted octanol–water partition coefficient (Wildman–Crippen LogP) is 13.8. The van der Waals surface area contributed by atoms with Crippen molar-refractivity contribution in [2.24, 2.45) is 0 Å². The van der Waals surface area contributed by atoms with Crippen LogP contribution in [0, 0.1) is 55.4 Å². The van der Waals surface area contributed by atoms with Gasteiger partial charge in [-0.25, -0.2) is 8.42 Å². The van der Waals surface area contributed by atoms with E-state index in [4.69, 9.17) is 13.1 Å². The fourth-order valence-corrected chi connectivity index (χ4v) is 6.72. The lowest BCUT2D eigenvalue weighted by Crippen LogP contribution is -2.01. The van der Waals surface area contributed by atoms with E-state index in [-0.39, 0.29) is 7.43 Å². The van der Waals surface area contributed by atoms with Gasteiger partial charge in [-0.05, 0) is 145 Å². The van der Waals surface area contributed by atoms with Crippen LogP contribution in [0.15, 0.2) is 180 Å². The van der Waals surface area contributed by atoms with Crippen molar-refractivity contribution in [1.29, 1.82) is 0 Å². The average molecular weight is 813 g/mol. The van der Waals surface area contributed by atoms with Gasteiger partial charge in [-0.15, -0.1) is 0 Å². The highest BCUT2D eigenvalue weighted by Gasteiger charge is 2.07. The molecule has 0 saturated carbocycles. The first-order valence-corrected chi connectivity index (χ1v) is 20.8. The Bertz CT molecular complexity index is 2320. The van der Waals surface area contributed by atoms with Gasteiger partial charge < -0.3 is 13.1 Å². The van der Waals surface area contributed by atoms with Crippen LogP contribution >= 0.6 is 0 Å². The maximum absolute atomic E-state index is 12.0. The van der Waals surface area contributed by atoms with Crippen molar-refractivity contribution in [1.82, 2.24) is 0 Å². The predicted molar refractivity (Wildman–Crippen MR) is 244 cm³/mol. The molecule has 302 valence electrons. The Hall–Kier alpha value is -5.76. The summed E-state index contributed by atoms with van der Waals surface area (Å²) in [4.78, 5) is 1.36. The largest absolute Gasteiger partial charge is 0.457 e. The monoisotopic (exact) mass is 812 g/mol. The van der Waals surface area contributed by atoms with Crippen molar-refractivity contribution in [3.8, 4) is 23.0 Å². The number of hydrogen-bond acceptors (Lipinski definition) is 5. The SMILES string of the molecule is C.Cc1ccc(OS(=O)c2ccc(C)cc2)cc1.Cc1ccc(Oc2cccc(C)c2)cc1.Cc1cccc(C)c1.Cc1cccc(OS(=O)c2cccc(C)c2)c1. The summed E-state index contributed by atoms with van der Waals surface area (Å²) in [5.41, 5.74) is 9.58. The van der Waals surface area contributed by atoms with E-state index in [0.29, 0.717) is 21.3 Å². The molecule has 0 aliphatic carbocycles. The third-order valence-electron chi connectivity index (χ3n) is 8.17. The van der Waals surface area contributed by atoms with Crippen LogP contribution in [0.5, 0.6) is 23.0 Å². The van der Waals surface area contributed by atoms with Crippen LogP contribution in [0.3, 0.4) is 0 Å². The number of benzene rings is 7. The second-order valence-electron chi connectivity index (χ2n) is 13.8. The highest BCUT2D eigenvalue weighted by atomic mass is 32.2. The molecular formula is C51H56O5S2. The molecule has 58 heavy (non-hydrogen) atoms. The second-order valence-corrected chi connectivity index (χ2v) is 16.0. The first kappa shape index (κ1) is 46.6. The molecule has 7 aromatic carbocycles. The van der Waals surface area contributed by atoms with E-state index in [1.807, 2.05) is 155 Å². The van der Waals surface area contributed by atoms with Crippen molar-refractivity contribution in [3.63, 3.8) is 0 Å². The van der Waals surface area contributed by atoms with Crippen LogP contribution in [0.25, 0.3) is 0 Å². The van der Waals surface area contributed by atoms with Gasteiger partial charge in [-0.2, -0.15) is 0 Å². The van der Waals surface area contributed by atoms with Gasteiger partial charge in [-0.1, -0.05) is 132 Å². The molecule has 2 atom stereocenters. The van der Waals surface area contributed by atoms with E-state index in [1.54, 1.807) is 12.1 Å². The van der Waals surface area contributed by atoms with Gasteiger partial charge in [0.05, 0.1) is 9.79 Å².